The highest BCUT2D eigenvalue weighted by Gasteiger charge is 2.17. The lowest BCUT2D eigenvalue weighted by molar-refractivity contribution is -0.121. The Morgan fingerprint density at radius 3 is 3.00 bits per heavy atom. The lowest BCUT2D eigenvalue weighted by Crippen LogP contribution is -2.40. The normalized spacial score (nSPS) is 18.4. The van der Waals surface area contributed by atoms with Crippen LogP contribution in [-0.4, -0.2) is 51.5 Å². The van der Waals surface area contributed by atoms with Crippen molar-refractivity contribution in [2.45, 2.75) is 45.2 Å². The fourth-order valence-electron chi connectivity index (χ4n) is 3.32. The molecular weight excluding hydrogens is 318 g/mol. The van der Waals surface area contributed by atoms with Gasteiger partial charge in [0.1, 0.15) is 12.1 Å². The third-order valence-electron chi connectivity index (χ3n) is 4.81. The number of hydrogen-bond acceptors (Lipinski definition) is 5. The highest BCUT2D eigenvalue weighted by atomic mass is 16.2. The number of benzene rings is 1. The molecule has 7 heteroatoms. The fraction of sp³-hybridized carbons (Fsp3) is 0.556. The fourth-order valence-corrected chi connectivity index (χ4v) is 3.32. The Bertz CT molecular complexity index is 788. The molecule has 134 valence electrons. The molecule has 2 heterocycles. The summed E-state index contributed by atoms with van der Waals surface area (Å²) in [6.07, 6.45) is 4.75. The third-order valence-corrected chi connectivity index (χ3v) is 4.81. The Hall–Kier alpha value is -2.28. The highest BCUT2D eigenvalue weighted by molar-refractivity contribution is 5.78. The number of nitrogens with zero attached hydrogens (tertiary/aromatic N) is 4. The van der Waals surface area contributed by atoms with Gasteiger partial charge < -0.3 is 10.2 Å². The van der Waals surface area contributed by atoms with Gasteiger partial charge in [0.25, 0.3) is 5.56 Å². The summed E-state index contributed by atoms with van der Waals surface area (Å²) in [4.78, 5) is 26.9. The van der Waals surface area contributed by atoms with Crippen LogP contribution in [0, 0.1) is 0 Å². The number of carbonyl (C=O) groups excluding carboxylic acids is 1. The average molecular weight is 343 g/mol. The number of likely N-dealkylation sites (tertiary alicyclic amines) is 1. The molecule has 1 N–H and O–H groups in total. The SMILES string of the molecule is CC1CCCCN1CCCNC(=O)Cn1nnc2ccccc2c1=O. The third kappa shape index (κ3) is 4.42. The lowest BCUT2D eigenvalue weighted by atomic mass is 10.0. The van der Waals surface area contributed by atoms with Gasteiger partial charge in [0.05, 0.1) is 5.39 Å². The van der Waals surface area contributed by atoms with Gasteiger partial charge in [-0.3, -0.25) is 9.59 Å². The highest BCUT2D eigenvalue weighted by Crippen LogP contribution is 2.16. The van der Waals surface area contributed by atoms with Crippen LogP contribution in [0.4, 0.5) is 0 Å². The van der Waals surface area contributed by atoms with Crippen molar-refractivity contribution in [3.8, 4) is 0 Å². The van der Waals surface area contributed by atoms with Gasteiger partial charge in [0.2, 0.25) is 5.91 Å². The summed E-state index contributed by atoms with van der Waals surface area (Å²) in [6, 6.07) is 7.64. The summed E-state index contributed by atoms with van der Waals surface area (Å²) < 4.78 is 1.12. The molecule has 1 aliphatic heterocycles. The van der Waals surface area contributed by atoms with Gasteiger partial charge in [0.15, 0.2) is 0 Å². The van der Waals surface area contributed by atoms with E-state index in [4.69, 9.17) is 0 Å². The van der Waals surface area contributed by atoms with E-state index >= 15 is 0 Å². The van der Waals surface area contributed by atoms with Crippen LogP contribution in [-0.2, 0) is 11.3 Å². The van der Waals surface area contributed by atoms with Crippen molar-refractivity contribution in [3.05, 3.63) is 34.6 Å². The molecule has 1 amide bonds. The Labute approximate surface area is 147 Å². The molecule has 1 aliphatic rings. The van der Waals surface area contributed by atoms with E-state index in [2.05, 4.69) is 27.5 Å². The lowest BCUT2D eigenvalue weighted by Gasteiger charge is -2.33. The molecule has 1 aromatic heterocycles. The van der Waals surface area contributed by atoms with Crippen molar-refractivity contribution >= 4 is 16.8 Å². The van der Waals surface area contributed by atoms with E-state index in [1.54, 1.807) is 24.3 Å². The molecule has 3 rings (SSSR count). The maximum Gasteiger partial charge on any atom is 0.278 e. The van der Waals surface area contributed by atoms with Gasteiger partial charge >= 0.3 is 0 Å². The predicted octanol–water partition coefficient (Wildman–Crippen LogP) is 1.17. The molecule has 1 fully saturated rings. The standard InChI is InChI=1S/C18H25N5O2/c1-14-7-4-5-11-22(14)12-6-10-19-17(24)13-23-18(25)15-8-2-3-9-16(15)20-21-23/h2-3,8-9,14H,4-7,10-13H2,1H3,(H,19,24). The average Bonchev–Trinajstić information content (AvgIpc) is 2.63. The first kappa shape index (κ1) is 17.5. The topological polar surface area (TPSA) is 80.1 Å². The zero-order valence-electron chi connectivity index (χ0n) is 14.6. The summed E-state index contributed by atoms with van der Waals surface area (Å²) in [6.45, 7) is 4.92. The molecule has 0 bridgehead atoms. The summed E-state index contributed by atoms with van der Waals surface area (Å²) >= 11 is 0. The number of nitrogens with one attached hydrogen (secondary N) is 1. The van der Waals surface area contributed by atoms with Crippen LogP contribution in [0.5, 0.6) is 0 Å². The molecule has 7 nitrogen and oxygen atoms in total. The Morgan fingerprint density at radius 2 is 2.16 bits per heavy atom. The molecule has 0 spiro atoms. The number of aromatic nitrogens is 3. The Balaban J connectivity index is 1.48. The number of piperidine rings is 1. The van der Waals surface area contributed by atoms with E-state index in [0.29, 0.717) is 23.5 Å². The molecule has 1 saturated heterocycles. The summed E-state index contributed by atoms with van der Waals surface area (Å²) in [5, 5.41) is 11.2. The maximum atomic E-state index is 12.3. The number of fused-ring (bicyclic) bond motifs is 1. The second kappa shape index (κ2) is 8.20. The van der Waals surface area contributed by atoms with Gasteiger partial charge in [-0.15, -0.1) is 5.10 Å². The van der Waals surface area contributed by atoms with E-state index in [9.17, 15) is 9.59 Å². The first-order valence-corrected chi connectivity index (χ1v) is 8.98. The number of rotatable bonds is 6. The minimum absolute atomic E-state index is 0.100. The molecule has 1 aromatic carbocycles. The van der Waals surface area contributed by atoms with Gasteiger partial charge in [0, 0.05) is 19.1 Å². The first-order valence-electron chi connectivity index (χ1n) is 8.98. The molecule has 0 saturated carbocycles. The van der Waals surface area contributed by atoms with Gasteiger partial charge in [-0.05, 0) is 44.9 Å². The van der Waals surface area contributed by atoms with Gasteiger partial charge in [-0.25, -0.2) is 4.68 Å². The minimum Gasteiger partial charge on any atom is -0.354 e. The van der Waals surface area contributed by atoms with Gasteiger partial charge in [-0.2, -0.15) is 0 Å². The van der Waals surface area contributed by atoms with Gasteiger partial charge in [-0.1, -0.05) is 23.8 Å². The molecule has 1 atom stereocenters. The van der Waals surface area contributed by atoms with Crippen LogP contribution in [0.2, 0.25) is 0 Å². The van der Waals surface area contributed by atoms with E-state index in [1.165, 1.54) is 19.3 Å². The van der Waals surface area contributed by atoms with Crippen LogP contribution >= 0.6 is 0 Å². The van der Waals surface area contributed by atoms with E-state index < -0.39 is 0 Å². The predicted molar refractivity (Wildman–Crippen MR) is 96.3 cm³/mol. The monoisotopic (exact) mass is 343 g/mol. The Morgan fingerprint density at radius 1 is 1.32 bits per heavy atom. The maximum absolute atomic E-state index is 12.3. The second-order valence-corrected chi connectivity index (χ2v) is 6.65. The van der Waals surface area contributed by atoms with E-state index in [1.807, 2.05) is 0 Å². The number of hydrogen-bond donors (Lipinski definition) is 1. The molecule has 2 aromatic rings. The molecule has 0 aliphatic carbocycles. The summed E-state index contributed by atoms with van der Waals surface area (Å²) in [5.41, 5.74) is 0.253. The minimum atomic E-state index is -0.289. The smallest absolute Gasteiger partial charge is 0.278 e. The van der Waals surface area contributed by atoms with Crippen LogP contribution in [0.15, 0.2) is 29.1 Å². The van der Waals surface area contributed by atoms with E-state index in [-0.39, 0.29) is 18.0 Å². The van der Waals surface area contributed by atoms with Crippen molar-refractivity contribution in [1.29, 1.82) is 0 Å². The summed E-state index contributed by atoms with van der Waals surface area (Å²) in [7, 11) is 0. The molecule has 1 unspecified atom stereocenters. The quantitative estimate of drug-likeness (QED) is 0.797. The van der Waals surface area contributed by atoms with Crippen molar-refractivity contribution < 1.29 is 4.79 Å². The molecule has 25 heavy (non-hydrogen) atoms. The first-order chi connectivity index (χ1) is 12.1. The second-order valence-electron chi connectivity index (χ2n) is 6.65. The van der Waals surface area contributed by atoms with Crippen LogP contribution in [0.1, 0.15) is 32.6 Å². The van der Waals surface area contributed by atoms with Crippen molar-refractivity contribution in [1.82, 2.24) is 25.2 Å². The zero-order valence-corrected chi connectivity index (χ0v) is 14.6. The van der Waals surface area contributed by atoms with Crippen LogP contribution in [0.25, 0.3) is 10.9 Å². The van der Waals surface area contributed by atoms with Crippen molar-refractivity contribution in [3.63, 3.8) is 0 Å². The number of carbonyl (C=O) groups is 1. The van der Waals surface area contributed by atoms with Crippen LogP contribution < -0.4 is 10.9 Å². The van der Waals surface area contributed by atoms with E-state index in [0.717, 1.165) is 24.2 Å². The zero-order chi connectivity index (χ0) is 17.6. The van der Waals surface area contributed by atoms with Crippen LogP contribution in [0.3, 0.4) is 0 Å². The van der Waals surface area contributed by atoms with Crippen molar-refractivity contribution in [2.24, 2.45) is 0 Å². The van der Waals surface area contributed by atoms with Crippen molar-refractivity contribution in [2.75, 3.05) is 19.6 Å². The summed E-state index contributed by atoms with van der Waals surface area (Å²) in [5.74, 6) is -0.210. The number of amides is 1. The largest absolute Gasteiger partial charge is 0.354 e. The Kier molecular flexibility index (Phi) is 5.75. The molecule has 0 radical (unpaired) electrons. The molecular formula is C18H25N5O2.